The molecule has 3 nitrogen and oxygen atoms in total. The van der Waals surface area contributed by atoms with Gasteiger partial charge in [0.05, 0.1) is 5.69 Å². The minimum absolute atomic E-state index is 0.116. The summed E-state index contributed by atoms with van der Waals surface area (Å²) in [6.45, 7) is 1.73. The molecule has 80 valence electrons. The molecule has 0 aliphatic rings. The molecule has 1 aromatic heterocycles. The summed E-state index contributed by atoms with van der Waals surface area (Å²) in [6.07, 6.45) is 2.37. The molecule has 2 aromatic rings. The number of nitrogens with zero attached hydrogens (tertiary/aromatic N) is 1. The molecule has 0 atom stereocenters. The van der Waals surface area contributed by atoms with Gasteiger partial charge >= 0.3 is 0 Å². The number of hydrogen-bond acceptors (Lipinski definition) is 2. The van der Waals surface area contributed by atoms with Crippen LogP contribution in [-0.2, 0) is 0 Å². The summed E-state index contributed by atoms with van der Waals surface area (Å²) >= 11 is 0. The molecule has 0 saturated carbocycles. The van der Waals surface area contributed by atoms with E-state index in [2.05, 4.69) is 0 Å². The largest absolute Gasteiger partial charge is 0.314 e. The van der Waals surface area contributed by atoms with Crippen LogP contribution in [0.2, 0.25) is 0 Å². The number of aryl methyl sites for hydroxylation is 1. The van der Waals surface area contributed by atoms with Gasteiger partial charge in [0.15, 0.2) is 11.7 Å². The highest BCUT2D eigenvalue weighted by molar-refractivity contribution is 5.73. The number of benzene rings is 1. The van der Waals surface area contributed by atoms with Crippen molar-refractivity contribution < 1.29 is 4.79 Å². The van der Waals surface area contributed by atoms with Crippen LogP contribution in [0.25, 0.3) is 5.69 Å². The third kappa shape index (κ3) is 1.80. The summed E-state index contributed by atoms with van der Waals surface area (Å²) in [6, 6.07) is 10.8. The summed E-state index contributed by atoms with van der Waals surface area (Å²) in [4.78, 5) is 22.3. The summed E-state index contributed by atoms with van der Waals surface area (Å²) in [5.74, 6) is 0. The van der Waals surface area contributed by atoms with Crippen LogP contribution in [0.1, 0.15) is 16.1 Å². The van der Waals surface area contributed by atoms with Crippen molar-refractivity contribution >= 4 is 6.29 Å². The first-order valence-electron chi connectivity index (χ1n) is 4.96. The molecule has 0 N–H and O–H groups in total. The zero-order chi connectivity index (χ0) is 11.5. The number of pyridine rings is 1. The highest BCUT2D eigenvalue weighted by Crippen LogP contribution is 2.09. The Balaban J connectivity index is 2.69. The Morgan fingerprint density at radius 2 is 1.88 bits per heavy atom. The normalized spacial score (nSPS) is 10.1. The van der Waals surface area contributed by atoms with E-state index in [1.54, 1.807) is 17.7 Å². The van der Waals surface area contributed by atoms with Crippen LogP contribution >= 0.6 is 0 Å². The molecule has 0 fully saturated rings. The third-order valence-corrected chi connectivity index (χ3v) is 2.42. The summed E-state index contributed by atoms with van der Waals surface area (Å²) in [5.41, 5.74) is 1.73. The predicted octanol–water partition coefficient (Wildman–Crippen LogP) is 1.96. The maximum absolute atomic E-state index is 11.4. The number of rotatable bonds is 2. The monoisotopic (exact) mass is 213 g/mol. The number of para-hydroxylation sites is 1. The van der Waals surface area contributed by atoms with Gasteiger partial charge in [-0.2, -0.15) is 0 Å². The Kier molecular flexibility index (Phi) is 2.68. The maximum atomic E-state index is 11.4. The van der Waals surface area contributed by atoms with Gasteiger partial charge in [-0.1, -0.05) is 18.2 Å². The molecule has 3 heteroatoms. The summed E-state index contributed by atoms with van der Waals surface area (Å²) in [5, 5.41) is 0. The number of carbonyl (C=O) groups is 1. The van der Waals surface area contributed by atoms with Crippen molar-refractivity contribution in [2.24, 2.45) is 0 Å². The Morgan fingerprint density at radius 3 is 2.50 bits per heavy atom. The standard InChI is InChI=1S/C13H11NO2/c1-10-8-14(11-5-3-2-4-6-11)12(9-15)7-13(10)16/h2-9H,1H3. The van der Waals surface area contributed by atoms with E-state index < -0.39 is 0 Å². The van der Waals surface area contributed by atoms with Gasteiger partial charge in [0.2, 0.25) is 0 Å². The van der Waals surface area contributed by atoms with Crippen LogP contribution in [0, 0.1) is 6.92 Å². The van der Waals surface area contributed by atoms with Crippen LogP contribution in [0.4, 0.5) is 0 Å². The highest BCUT2D eigenvalue weighted by atomic mass is 16.1. The zero-order valence-corrected chi connectivity index (χ0v) is 8.88. The van der Waals surface area contributed by atoms with Crippen LogP contribution in [0.15, 0.2) is 47.4 Å². The van der Waals surface area contributed by atoms with Crippen molar-refractivity contribution in [3.05, 3.63) is 64.1 Å². The average molecular weight is 213 g/mol. The molecular formula is C13H11NO2. The fourth-order valence-corrected chi connectivity index (χ4v) is 1.55. The first-order chi connectivity index (χ1) is 7.72. The van der Waals surface area contributed by atoms with Gasteiger partial charge in [-0.25, -0.2) is 0 Å². The predicted molar refractivity (Wildman–Crippen MR) is 62.2 cm³/mol. The molecule has 0 amide bonds. The van der Waals surface area contributed by atoms with E-state index in [4.69, 9.17) is 0 Å². The number of hydrogen-bond donors (Lipinski definition) is 0. The van der Waals surface area contributed by atoms with Gasteiger partial charge in [-0.3, -0.25) is 9.59 Å². The molecule has 2 rings (SSSR count). The first-order valence-corrected chi connectivity index (χ1v) is 4.96. The summed E-state index contributed by atoms with van der Waals surface area (Å²) in [7, 11) is 0. The van der Waals surface area contributed by atoms with Crippen molar-refractivity contribution in [3.63, 3.8) is 0 Å². The lowest BCUT2D eigenvalue weighted by Gasteiger charge is -2.10. The molecule has 0 saturated heterocycles. The maximum Gasteiger partial charge on any atom is 0.185 e. The van der Waals surface area contributed by atoms with Gasteiger partial charge in [0.25, 0.3) is 0 Å². The second kappa shape index (κ2) is 4.14. The van der Waals surface area contributed by atoms with Crippen LogP contribution in [0.3, 0.4) is 0 Å². The van der Waals surface area contributed by atoms with E-state index in [0.717, 1.165) is 5.69 Å². The van der Waals surface area contributed by atoms with Gasteiger partial charge in [0, 0.05) is 23.5 Å². The SMILES string of the molecule is Cc1cn(-c2ccccc2)c(C=O)cc1=O. The first kappa shape index (κ1) is 10.4. The third-order valence-electron chi connectivity index (χ3n) is 2.42. The van der Waals surface area contributed by atoms with E-state index in [0.29, 0.717) is 17.5 Å². The minimum Gasteiger partial charge on any atom is -0.314 e. The fraction of sp³-hybridized carbons (Fsp3) is 0.0769. The molecule has 0 unspecified atom stereocenters. The quantitative estimate of drug-likeness (QED) is 0.715. The lowest BCUT2D eigenvalue weighted by atomic mass is 10.2. The Hall–Kier alpha value is -2.16. The van der Waals surface area contributed by atoms with E-state index in [1.165, 1.54) is 6.07 Å². The molecular weight excluding hydrogens is 202 g/mol. The summed E-state index contributed by atoms with van der Waals surface area (Å²) < 4.78 is 1.71. The van der Waals surface area contributed by atoms with Gasteiger partial charge < -0.3 is 4.57 Å². The van der Waals surface area contributed by atoms with Crippen molar-refractivity contribution in [3.8, 4) is 5.69 Å². The molecule has 0 aliphatic heterocycles. The van der Waals surface area contributed by atoms with Crippen LogP contribution in [-0.4, -0.2) is 10.9 Å². The van der Waals surface area contributed by atoms with Gasteiger partial charge in [-0.05, 0) is 19.1 Å². The highest BCUT2D eigenvalue weighted by Gasteiger charge is 2.04. The second-order valence-electron chi connectivity index (χ2n) is 3.57. The smallest absolute Gasteiger partial charge is 0.185 e. The van der Waals surface area contributed by atoms with Crippen molar-refractivity contribution in [1.82, 2.24) is 4.57 Å². The van der Waals surface area contributed by atoms with Crippen LogP contribution < -0.4 is 5.43 Å². The Morgan fingerprint density at radius 1 is 1.19 bits per heavy atom. The zero-order valence-electron chi connectivity index (χ0n) is 8.88. The number of aromatic nitrogens is 1. The van der Waals surface area contributed by atoms with Crippen molar-refractivity contribution in [2.75, 3.05) is 0 Å². The Bertz CT molecular complexity index is 570. The molecule has 0 aliphatic carbocycles. The Labute approximate surface area is 93.0 Å². The number of carbonyl (C=O) groups excluding carboxylic acids is 1. The minimum atomic E-state index is -0.116. The molecule has 0 bridgehead atoms. The van der Waals surface area contributed by atoms with Crippen LogP contribution in [0.5, 0.6) is 0 Å². The van der Waals surface area contributed by atoms with E-state index >= 15 is 0 Å². The molecule has 0 radical (unpaired) electrons. The average Bonchev–Trinajstić information content (AvgIpc) is 2.33. The van der Waals surface area contributed by atoms with E-state index in [9.17, 15) is 9.59 Å². The molecule has 1 aromatic carbocycles. The van der Waals surface area contributed by atoms with Crippen molar-refractivity contribution in [2.45, 2.75) is 6.92 Å². The number of aldehydes is 1. The van der Waals surface area contributed by atoms with E-state index in [-0.39, 0.29) is 5.43 Å². The lowest BCUT2D eigenvalue weighted by Crippen LogP contribution is -2.13. The fourth-order valence-electron chi connectivity index (χ4n) is 1.55. The van der Waals surface area contributed by atoms with Gasteiger partial charge in [-0.15, -0.1) is 0 Å². The van der Waals surface area contributed by atoms with Gasteiger partial charge in [0.1, 0.15) is 0 Å². The molecule has 0 spiro atoms. The molecule has 16 heavy (non-hydrogen) atoms. The second-order valence-corrected chi connectivity index (χ2v) is 3.57. The topological polar surface area (TPSA) is 39.1 Å². The van der Waals surface area contributed by atoms with Crippen molar-refractivity contribution in [1.29, 1.82) is 0 Å². The van der Waals surface area contributed by atoms with E-state index in [1.807, 2.05) is 30.3 Å². The lowest BCUT2D eigenvalue weighted by molar-refractivity contribution is 0.111. The molecule has 1 heterocycles.